The number of carbonyl (C=O) groups excluding carboxylic acids is 2. The monoisotopic (exact) mass is 167 g/mol. The Kier molecular flexibility index (Phi) is 2.63. The van der Waals surface area contributed by atoms with Crippen LogP contribution in [0.2, 0.25) is 0 Å². The molecule has 0 aromatic rings. The second-order valence-corrected chi connectivity index (χ2v) is 2.93. The zero-order valence-corrected chi connectivity index (χ0v) is 7.25. The first-order valence-corrected chi connectivity index (χ1v) is 4.18. The molecule has 3 nitrogen and oxygen atoms in total. The van der Waals surface area contributed by atoms with Gasteiger partial charge in [0, 0.05) is 12.5 Å². The predicted molar refractivity (Wildman–Crippen MR) is 45.3 cm³/mol. The van der Waals surface area contributed by atoms with Crippen LogP contribution in [0.5, 0.6) is 0 Å². The van der Waals surface area contributed by atoms with Crippen molar-refractivity contribution in [3.8, 4) is 0 Å². The van der Waals surface area contributed by atoms with Crippen molar-refractivity contribution in [2.75, 3.05) is 6.54 Å². The van der Waals surface area contributed by atoms with Crippen molar-refractivity contribution in [3.63, 3.8) is 0 Å². The van der Waals surface area contributed by atoms with Crippen LogP contribution in [-0.4, -0.2) is 23.3 Å². The standard InChI is InChI=1S/C9H13NO2/c1-3-7-5-6-10(9(7)12)8(11)4-2/h4,7H,2-3,5-6H2,1H3. The lowest BCUT2D eigenvalue weighted by Gasteiger charge is -2.11. The zero-order valence-electron chi connectivity index (χ0n) is 7.25. The van der Waals surface area contributed by atoms with Gasteiger partial charge in [-0.05, 0) is 18.9 Å². The quantitative estimate of drug-likeness (QED) is 0.574. The normalized spacial score (nSPS) is 22.9. The summed E-state index contributed by atoms with van der Waals surface area (Å²) in [6.45, 7) is 5.87. The summed E-state index contributed by atoms with van der Waals surface area (Å²) in [5, 5.41) is 0. The number of imide groups is 1. The first kappa shape index (κ1) is 8.97. The summed E-state index contributed by atoms with van der Waals surface area (Å²) in [4.78, 5) is 23.7. The summed E-state index contributed by atoms with van der Waals surface area (Å²) in [5.74, 6) is -0.257. The third-order valence-corrected chi connectivity index (χ3v) is 2.25. The van der Waals surface area contributed by atoms with Gasteiger partial charge in [-0.25, -0.2) is 0 Å². The predicted octanol–water partition coefficient (Wildman–Crippen LogP) is 0.958. The lowest BCUT2D eigenvalue weighted by molar-refractivity contribution is -0.140. The van der Waals surface area contributed by atoms with Gasteiger partial charge in [-0.3, -0.25) is 14.5 Å². The summed E-state index contributed by atoms with van der Waals surface area (Å²) in [7, 11) is 0. The molecule has 0 aromatic heterocycles. The Bertz CT molecular complexity index is 223. The fraction of sp³-hybridized carbons (Fsp3) is 0.556. The largest absolute Gasteiger partial charge is 0.279 e. The van der Waals surface area contributed by atoms with Crippen LogP contribution in [-0.2, 0) is 9.59 Å². The van der Waals surface area contributed by atoms with Crippen LogP contribution in [0.4, 0.5) is 0 Å². The third kappa shape index (κ3) is 1.40. The van der Waals surface area contributed by atoms with E-state index in [4.69, 9.17) is 0 Å². The van der Waals surface area contributed by atoms with Crippen LogP contribution in [0, 0.1) is 5.92 Å². The average Bonchev–Trinajstić information content (AvgIpc) is 2.45. The van der Waals surface area contributed by atoms with Gasteiger partial charge in [-0.2, -0.15) is 0 Å². The first-order valence-electron chi connectivity index (χ1n) is 4.18. The number of carbonyl (C=O) groups is 2. The van der Waals surface area contributed by atoms with Crippen molar-refractivity contribution in [1.82, 2.24) is 4.90 Å². The molecule has 0 bridgehead atoms. The molecule has 1 fully saturated rings. The molecule has 1 aliphatic heterocycles. The van der Waals surface area contributed by atoms with Crippen molar-refractivity contribution in [2.45, 2.75) is 19.8 Å². The van der Waals surface area contributed by atoms with Gasteiger partial charge >= 0.3 is 0 Å². The molecule has 0 spiro atoms. The molecule has 66 valence electrons. The fourth-order valence-corrected chi connectivity index (χ4v) is 1.45. The van der Waals surface area contributed by atoms with E-state index in [2.05, 4.69) is 6.58 Å². The Balaban J connectivity index is 2.66. The number of rotatable bonds is 2. The highest BCUT2D eigenvalue weighted by Crippen LogP contribution is 2.20. The third-order valence-electron chi connectivity index (χ3n) is 2.25. The number of nitrogens with zero attached hydrogens (tertiary/aromatic N) is 1. The van der Waals surface area contributed by atoms with Crippen molar-refractivity contribution in [2.24, 2.45) is 5.92 Å². The fourth-order valence-electron chi connectivity index (χ4n) is 1.45. The number of likely N-dealkylation sites (tertiary alicyclic amines) is 1. The van der Waals surface area contributed by atoms with E-state index in [0.29, 0.717) is 6.54 Å². The minimum absolute atomic E-state index is 0.0394. The Hall–Kier alpha value is -1.12. The molecular weight excluding hydrogens is 154 g/mol. The molecule has 1 aliphatic rings. The van der Waals surface area contributed by atoms with Crippen LogP contribution >= 0.6 is 0 Å². The van der Waals surface area contributed by atoms with E-state index in [1.807, 2.05) is 6.92 Å². The van der Waals surface area contributed by atoms with Crippen LogP contribution in [0.25, 0.3) is 0 Å². The van der Waals surface area contributed by atoms with Crippen molar-refractivity contribution >= 4 is 11.8 Å². The van der Waals surface area contributed by atoms with Crippen LogP contribution in [0.3, 0.4) is 0 Å². The summed E-state index contributed by atoms with van der Waals surface area (Å²) in [5.41, 5.74) is 0. The summed E-state index contributed by atoms with van der Waals surface area (Å²) in [6.07, 6.45) is 2.81. The highest BCUT2D eigenvalue weighted by molar-refractivity contribution is 6.02. The van der Waals surface area contributed by atoms with Gasteiger partial charge < -0.3 is 0 Å². The average molecular weight is 167 g/mol. The van der Waals surface area contributed by atoms with E-state index >= 15 is 0 Å². The second kappa shape index (κ2) is 3.52. The summed E-state index contributed by atoms with van der Waals surface area (Å²) >= 11 is 0. The Morgan fingerprint density at radius 2 is 2.50 bits per heavy atom. The Morgan fingerprint density at radius 1 is 1.83 bits per heavy atom. The molecule has 0 saturated carbocycles. The minimum atomic E-state index is -0.268. The van der Waals surface area contributed by atoms with E-state index in [-0.39, 0.29) is 17.7 Å². The number of hydrogen-bond donors (Lipinski definition) is 0. The molecule has 12 heavy (non-hydrogen) atoms. The van der Waals surface area contributed by atoms with Crippen LogP contribution in [0.15, 0.2) is 12.7 Å². The molecule has 1 unspecified atom stereocenters. The van der Waals surface area contributed by atoms with Crippen LogP contribution in [0.1, 0.15) is 19.8 Å². The maximum absolute atomic E-state index is 11.4. The van der Waals surface area contributed by atoms with Crippen molar-refractivity contribution < 1.29 is 9.59 Å². The molecule has 1 rings (SSSR count). The maximum atomic E-state index is 11.4. The van der Waals surface area contributed by atoms with E-state index < -0.39 is 0 Å². The number of hydrogen-bond acceptors (Lipinski definition) is 2. The summed E-state index contributed by atoms with van der Waals surface area (Å²) < 4.78 is 0. The molecule has 0 aliphatic carbocycles. The molecular formula is C9H13NO2. The van der Waals surface area contributed by atoms with Gasteiger partial charge in [-0.15, -0.1) is 0 Å². The number of amides is 2. The molecule has 0 radical (unpaired) electrons. The van der Waals surface area contributed by atoms with Gasteiger partial charge in [0.2, 0.25) is 5.91 Å². The highest BCUT2D eigenvalue weighted by Gasteiger charge is 2.32. The van der Waals surface area contributed by atoms with E-state index in [1.54, 1.807) is 0 Å². The van der Waals surface area contributed by atoms with Crippen LogP contribution < -0.4 is 0 Å². The molecule has 0 N–H and O–H groups in total. The van der Waals surface area contributed by atoms with E-state index in [0.717, 1.165) is 12.8 Å². The molecule has 1 saturated heterocycles. The molecule has 0 aromatic carbocycles. The molecule has 1 heterocycles. The van der Waals surface area contributed by atoms with Crippen molar-refractivity contribution in [3.05, 3.63) is 12.7 Å². The van der Waals surface area contributed by atoms with Gasteiger partial charge in [0.05, 0.1) is 0 Å². The van der Waals surface area contributed by atoms with Gasteiger partial charge in [0.1, 0.15) is 0 Å². The second-order valence-electron chi connectivity index (χ2n) is 2.93. The molecule has 2 amide bonds. The van der Waals surface area contributed by atoms with Crippen molar-refractivity contribution in [1.29, 1.82) is 0 Å². The summed E-state index contributed by atoms with van der Waals surface area (Å²) in [6, 6.07) is 0. The van der Waals surface area contributed by atoms with Gasteiger partial charge in [0.15, 0.2) is 0 Å². The smallest absolute Gasteiger partial charge is 0.252 e. The zero-order chi connectivity index (χ0) is 9.14. The van der Waals surface area contributed by atoms with E-state index in [1.165, 1.54) is 11.0 Å². The topological polar surface area (TPSA) is 37.4 Å². The first-order chi connectivity index (χ1) is 5.70. The highest BCUT2D eigenvalue weighted by atomic mass is 16.2. The van der Waals surface area contributed by atoms with Gasteiger partial charge in [-0.1, -0.05) is 13.5 Å². The lowest BCUT2D eigenvalue weighted by atomic mass is 10.1. The molecule has 3 heteroatoms. The van der Waals surface area contributed by atoms with E-state index in [9.17, 15) is 9.59 Å². The van der Waals surface area contributed by atoms with Gasteiger partial charge in [0.25, 0.3) is 5.91 Å². The maximum Gasteiger partial charge on any atom is 0.252 e. The minimum Gasteiger partial charge on any atom is -0.279 e. The molecule has 1 atom stereocenters. The Morgan fingerprint density at radius 3 is 2.92 bits per heavy atom. The Labute approximate surface area is 72.0 Å². The lowest BCUT2D eigenvalue weighted by Crippen LogP contribution is -2.32. The SMILES string of the molecule is C=CC(=O)N1CCC(CC)C1=O.